The molecule has 0 aromatic heterocycles. The maximum Gasteiger partial charge on any atom is 0.255 e. The number of carbonyl (C=O) groups excluding carboxylic acids is 1. The fraction of sp³-hybridized carbons (Fsp3) is 0.381. The molecule has 0 spiro atoms. The van der Waals surface area contributed by atoms with Gasteiger partial charge in [-0.15, -0.1) is 0 Å². The van der Waals surface area contributed by atoms with Crippen LogP contribution in [0.15, 0.2) is 47.4 Å². The molecule has 146 valence electrons. The first-order valence-electron chi connectivity index (χ1n) is 9.12. The quantitative estimate of drug-likeness (QED) is 0.742. The number of hydrogen-bond acceptors (Lipinski definition) is 3. The largest absolute Gasteiger partial charge is 0.321 e. The summed E-state index contributed by atoms with van der Waals surface area (Å²) in [6.45, 7) is 10.3. The van der Waals surface area contributed by atoms with Crippen LogP contribution in [-0.2, 0) is 10.0 Å². The van der Waals surface area contributed by atoms with E-state index in [1.807, 2.05) is 39.0 Å². The normalized spacial score (nSPS) is 11.8. The summed E-state index contributed by atoms with van der Waals surface area (Å²) in [7, 11) is -3.64. The van der Waals surface area contributed by atoms with Crippen molar-refractivity contribution in [2.24, 2.45) is 5.92 Å². The Morgan fingerprint density at radius 1 is 1.04 bits per heavy atom. The van der Waals surface area contributed by atoms with E-state index in [0.717, 1.165) is 16.8 Å². The van der Waals surface area contributed by atoms with Gasteiger partial charge in [-0.1, -0.05) is 52.0 Å². The molecule has 0 fully saturated rings. The Balaban J connectivity index is 2.29. The van der Waals surface area contributed by atoms with E-state index in [4.69, 9.17) is 0 Å². The van der Waals surface area contributed by atoms with Crippen LogP contribution in [0.3, 0.4) is 0 Å². The number of aryl methyl sites for hydroxylation is 1. The summed E-state index contributed by atoms with van der Waals surface area (Å²) in [5, 5.41) is 2.95. The van der Waals surface area contributed by atoms with E-state index in [0.29, 0.717) is 12.1 Å². The van der Waals surface area contributed by atoms with Crippen molar-refractivity contribution in [1.82, 2.24) is 4.72 Å². The highest BCUT2D eigenvalue weighted by atomic mass is 32.2. The molecule has 0 aliphatic rings. The molecule has 1 amide bonds. The summed E-state index contributed by atoms with van der Waals surface area (Å²) in [5.74, 6) is 0.126. The average molecular weight is 389 g/mol. The lowest BCUT2D eigenvalue weighted by atomic mass is 9.98. The van der Waals surface area contributed by atoms with E-state index >= 15 is 0 Å². The fourth-order valence-electron chi connectivity index (χ4n) is 2.69. The Morgan fingerprint density at radius 3 is 2.33 bits per heavy atom. The molecule has 0 atom stereocenters. The third-order valence-electron chi connectivity index (χ3n) is 4.25. The molecule has 2 N–H and O–H groups in total. The summed E-state index contributed by atoms with van der Waals surface area (Å²) < 4.78 is 27.4. The summed E-state index contributed by atoms with van der Waals surface area (Å²) in [4.78, 5) is 12.8. The van der Waals surface area contributed by atoms with Crippen molar-refractivity contribution in [1.29, 1.82) is 0 Å². The fourth-order valence-corrected chi connectivity index (χ4v) is 3.95. The molecule has 0 aliphatic carbocycles. The van der Waals surface area contributed by atoms with Crippen LogP contribution in [0.5, 0.6) is 0 Å². The zero-order valence-electron chi connectivity index (χ0n) is 16.5. The van der Waals surface area contributed by atoms with Gasteiger partial charge in [-0.25, -0.2) is 13.1 Å². The van der Waals surface area contributed by atoms with E-state index in [2.05, 4.69) is 23.9 Å². The molecule has 0 unspecified atom stereocenters. The highest BCUT2D eigenvalue weighted by Gasteiger charge is 2.18. The standard InChI is InChI=1S/C21H28N2O3S/c1-14(2)13-22-27(25,26)18-10-7-9-17(12-18)21(24)23-20-16(5)8-6-11-19(20)15(3)4/h6-12,14-15,22H,13H2,1-5H3,(H,23,24). The summed E-state index contributed by atoms with van der Waals surface area (Å²) in [6.07, 6.45) is 0. The summed E-state index contributed by atoms with van der Waals surface area (Å²) in [5.41, 5.74) is 3.10. The molecule has 5 nitrogen and oxygen atoms in total. The van der Waals surface area contributed by atoms with E-state index in [1.165, 1.54) is 12.1 Å². The predicted molar refractivity (Wildman–Crippen MR) is 110 cm³/mol. The monoisotopic (exact) mass is 388 g/mol. The molecule has 2 aromatic carbocycles. The van der Waals surface area contributed by atoms with Gasteiger partial charge in [-0.2, -0.15) is 0 Å². The first-order valence-corrected chi connectivity index (χ1v) is 10.6. The van der Waals surface area contributed by atoms with E-state index in [1.54, 1.807) is 12.1 Å². The summed E-state index contributed by atoms with van der Waals surface area (Å²) in [6, 6.07) is 12.0. The van der Waals surface area contributed by atoms with Gasteiger partial charge >= 0.3 is 0 Å². The zero-order chi connectivity index (χ0) is 20.2. The number of para-hydroxylation sites is 1. The van der Waals surface area contributed by atoms with Crippen molar-refractivity contribution in [2.75, 3.05) is 11.9 Å². The van der Waals surface area contributed by atoms with Crippen LogP contribution in [0, 0.1) is 12.8 Å². The molecule has 0 bridgehead atoms. The number of hydrogen-bond donors (Lipinski definition) is 2. The Hall–Kier alpha value is -2.18. The highest BCUT2D eigenvalue weighted by molar-refractivity contribution is 7.89. The first-order chi connectivity index (χ1) is 12.6. The van der Waals surface area contributed by atoms with Crippen LogP contribution in [0.1, 0.15) is 55.1 Å². The van der Waals surface area contributed by atoms with E-state index in [-0.39, 0.29) is 22.6 Å². The van der Waals surface area contributed by atoms with Crippen LogP contribution in [0.4, 0.5) is 5.69 Å². The number of benzene rings is 2. The third kappa shape index (κ3) is 5.40. The number of sulfonamides is 1. The number of carbonyl (C=O) groups is 1. The van der Waals surface area contributed by atoms with Gasteiger partial charge in [0.2, 0.25) is 10.0 Å². The maximum absolute atomic E-state index is 12.8. The lowest BCUT2D eigenvalue weighted by Gasteiger charge is -2.16. The minimum atomic E-state index is -3.64. The maximum atomic E-state index is 12.8. The second-order valence-electron chi connectivity index (χ2n) is 7.42. The van der Waals surface area contributed by atoms with Crippen molar-refractivity contribution < 1.29 is 13.2 Å². The zero-order valence-corrected chi connectivity index (χ0v) is 17.4. The Bertz CT molecular complexity index is 919. The van der Waals surface area contributed by atoms with Crippen LogP contribution in [0.25, 0.3) is 0 Å². The molecule has 0 heterocycles. The smallest absolute Gasteiger partial charge is 0.255 e. The van der Waals surface area contributed by atoms with Gasteiger partial charge in [0.05, 0.1) is 4.90 Å². The molecule has 2 rings (SSSR count). The van der Waals surface area contributed by atoms with Crippen LogP contribution in [-0.4, -0.2) is 20.9 Å². The van der Waals surface area contributed by atoms with Crippen molar-refractivity contribution in [2.45, 2.75) is 45.4 Å². The van der Waals surface area contributed by atoms with Gasteiger partial charge < -0.3 is 5.32 Å². The van der Waals surface area contributed by atoms with Gasteiger partial charge in [0, 0.05) is 17.8 Å². The minimum absolute atomic E-state index is 0.0877. The molecule has 0 saturated heterocycles. The molecule has 6 heteroatoms. The van der Waals surface area contributed by atoms with Crippen LogP contribution < -0.4 is 10.0 Å². The van der Waals surface area contributed by atoms with E-state index < -0.39 is 10.0 Å². The second kappa shape index (κ2) is 8.67. The molecule has 27 heavy (non-hydrogen) atoms. The minimum Gasteiger partial charge on any atom is -0.321 e. The Labute approximate surface area is 162 Å². The van der Waals surface area contributed by atoms with E-state index in [9.17, 15) is 13.2 Å². The van der Waals surface area contributed by atoms with Gasteiger partial charge in [0.15, 0.2) is 0 Å². The lowest BCUT2D eigenvalue weighted by molar-refractivity contribution is 0.102. The molecular formula is C21H28N2O3S. The second-order valence-corrected chi connectivity index (χ2v) is 9.19. The Kier molecular flexibility index (Phi) is 6.78. The molecule has 2 aromatic rings. The average Bonchev–Trinajstić information content (AvgIpc) is 2.61. The lowest BCUT2D eigenvalue weighted by Crippen LogP contribution is -2.27. The van der Waals surface area contributed by atoms with Crippen LogP contribution >= 0.6 is 0 Å². The first kappa shape index (κ1) is 21.1. The topological polar surface area (TPSA) is 75.3 Å². The number of nitrogens with one attached hydrogen (secondary N) is 2. The summed E-state index contributed by atoms with van der Waals surface area (Å²) >= 11 is 0. The Morgan fingerprint density at radius 2 is 1.70 bits per heavy atom. The van der Waals surface area contributed by atoms with Gasteiger partial charge in [-0.05, 0) is 48.1 Å². The van der Waals surface area contributed by atoms with Gasteiger partial charge in [-0.3, -0.25) is 4.79 Å². The van der Waals surface area contributed by atoms with Crippen molar-refractivity contribution >= 4 is 21.6 Å². The van der Waals surface area contributed by atoms with Crippen LogP contribution in [0.2, 0.25) is 0 Å². The number of amides is 1. The SMILES string of the molecule is Cc1cccc(C(C)C)c1NC(=O)c1cccc(S(=O)(=O)NCC(C)C)c1. The molecule has 0 aliphatic heterocycles. The van der Waals surface area contributed by atoms with Crippen molar-refractivity contribution in [3.63, 3.8) is 0 Å². The molecule has 0 radical (unpaired) electrons. The van der Waals surface area contributed by atoms with Gasteiger partial charge in [0.25, 0.3) is 5.91 Å². The molecule has 0 saturated carbocycles. The number of anilines is 1. The number of rotatable bonds is 7. The third-order valence-corrected chi connectivity index (χ3v) is 5.67. The predicted octanol–water partition coefficient (Wildman–Crippen LogP) is 4.31. The highest BCUT2D eigenvalue weighted by Crippen LogP contribution is 2.28. The van der Waals surface area contributed by atoms with Gasteiger partial charge in [0.1, 0.15) is 0 Å². The van der Waals surface area contributed by atoms with Crippen molar-refractivity contribution in [3.8, 4) is 0 Å². The van der Waals surface area contributed by atoms with Crippen molar-refractivity contribution in [3.05, 3.63) is 59.2 Å². The molecular weight excluding hydrogens is 360 g/mol.